The molecule has 2 saturated heterocycles. The van der Waals surface area contributed by atoms with Crippen LogP contribution in [0.5, 0.6) is 5.75 Å². The lowest BCUT2D eigenvalue weighted by atomic mass is 9.95. The number of amides is 2. The zero-order valence-electron chi connectivity index (χ0n) is 19.1. The average Bonchev–Trinajstić information content (AvgIpc) is 2.85. The zero-order chi connectivity index (χ0) is 23.2. The molecule has 0 bridgehead atoms. The van der Waals surface area contributed by atoms with E-state index < -0.39 is 0 Å². The predicted molar refractivity (Wildman–Crippen MR) is 124 cm³/mol. The molecule has 0 aliphatic carbocycles. The van der Waals surface area contributed by atoms with Crippen LogP contribution in [0.15, 0.2) is 48.5 Å². The maximum Gasteiger partial charge on any atom is 0.253 e. The van der Waals surface area contributed by atoms with Gasteiger partial charge in [-0.3, -0.25) is 14.5 Å². The van der Waals surface area contributed by atoms with E-state index in [2.05, 4.69) is 22.3 Å². The number of benzene rings is 2. The van der Waals surface area contributed by atoms with Crippen LogP contribution >= 0.6 is 0 Å². The molecule has 0 aromatic heterocycles. The fourth-order valence-electron chi connectivity index (χ4n) is 4.73. The first-order valence-electron chi connectivity index (χ1n) is 11.7. The fraction of sp³-hybridized carbons (Fsp3) is 0.462. The third-order valence-electron chi connectivity index (χ3n) is 6.64. The summed E-state index contributed by atoms with van der Waals surface area (Å²) in [6.45, 7) is 3.78. The minimum atomic E-state index is -0.364. The number of nitrogens with zero attached hydrogens (tertiary/aromatic N) is 2. The molecule has 1 unspecified atom stereocenters. The van der Waals surface area contributed by atoms with Crippen molar-refractivity contribution in [3.05, 3.63) is 65.5 Å². The van der Waals surface area contributed by atoms with E-state index >= 15 is 0 Å². The van der Waals surface area contributed by atoms with Crippen LogP contribution in [-0.4, -0.2) is 60.9 Å². The van der Waals surface area contributed by atoms with Gasteiger partial charge in [0.2, 0.25) is 5.91 Å². The molecule has 2 aliphatic rings. The van der Waals surface area contributed by atoms with Gasteiger partial charge in [0, 0.05) is 44.3 Å². The molecule has 4 rings (SSSR count). The number of carbonyl (C=O) groups excluding carboxylic acids is 2. The molecule has 176 valence electrons. The smallest absolute Gasteiger partial charge is 0.253 e. The van der Waals surface area contributed by atoms with Crippen molar-refractivity contribution in [3.8, 4) is 5.75 Å². The highest BCUT2D eigenvalue weighted by atomic mass is 19.1. The van der Waals surface area contributed by atoms with Crippen LogP contribution < -0.4 is 10.1 Å². The molecule has 0 radical (unpaired) electrons. The molecular weight excluding hydrogens is 421 g/mol. The SMILES string of the molecule is COc1cccc(CN2CCC(NC(=O)C3CCCN(C(=O)c4ccc(F)cc4)C3)CC2)c1. The number of carbonyl (C=O) groups is 2. The van der Waals surface area contributed by atoms with Crippen LogP contribution in [0.1, 0.15) is 41.6 Å². The molecule has 2 aromatic rings. The molecule has 1 N–H and O–H groups in total. The first kappa shape index (κ1) is 23.2. The van der Waals surface area contributed by atoms with Crippen LogP contribution in [0.4, 0.5) is 4.39 Å². The third-order valence-corrected chi connectivity index (χ3v) is 6.64. The summed E-state index contributed by atoms with van der Waals surface area (Å²) in [4.78, 5) is 29.8. The van der Waals surface area contributed by atoms with E-state index in [0.717, 1.165) is 51.1 Å². The van der Waals surface area contributed by atoms with Gasteiger partial charge in [0.05, 0.1) is 13.0 Å². The van der Waals surface area contributed by atoms with Gasteiger partial charge in [-0.05, 0) is 67.6 Å². The van der Waals surface area contributed by atoms with E-state index in [1.165, 1.54) is 29.8 Å². The molecule has 6 nitrogen and oxygen atoms in total. The predicted octanol–water partition coefficient (Wildman–Crippen LogP) is 3.47. The van der Waals surface area contributed by atoms with Crippen LogP contribution in [0, 0.1) is 11.7 Å². The molecule has 7 heteroatoms. The van der Waals surface area contributed by atoms with Crippen molar-refractivity contribution in [2.45, 2.75) is 38.3 Å². The normalized spacial score (nSPS) is 19.8. The number of likely N-dealkylation sites (tertiary alicyclic amines) is 2. The van der Waals surface area contributed by atoms with Gasteiger partial charge in [0.25, 0.3) is 5.91 Å². The molecular formula is C26H32FN3O3. The number of piperidine rings is 2. The van der Waals surface area contributed by atoms with E-state index in [0.29, 0.717) is 18.7 Å². The number of nitrogens with one attached hydrogen (secondary N) is 1. The lowest BCUT2D eigenvalue weighted by Crippen LogP contribution is -2.50. The Morgan fingerprint density at radius 1 is 1.06 bits per heavy atom. The van der Waals surface area contributed by atoms with E-state index in [1.54, 1.807) is 12.0 Å². The van der Waals surface area contributed by atoms with Crippen molar-refractivity contribution < 1.29 is 18.7 Å². The highest BCUT2D eigenvalue weighted by Crippen LogP contribution is 2.21. The van der Waals surface area contributed by atoms with Gasteiger partial charge in [-0.15, -0.1) is 0 Å². The lowest BCUT2D eigenvalue weighted by molar-refractivity contribution is -0.127. The van der Waals surface area contributed by atoms with E-state index in [9.17, 15) is 14.0 Å². The Balaban J connectivity index is 1.24. The summed E-state index contributed by atoms with van der Waals surface area (Å²) in [5, 5.41) is 3.22. The van der Waals surface area contributed by atoms with Crippen LogP contribution in [0.25, 0.3) is 0 Å². The summed E-state index contributed by atoms with van der Waals surface area (Å²) in [6.07, 6.45) is 3.42. The molecule has 1 atom stereocenters. The van der Waals surface area contributed by atoms with Gasteiger partial charge in [0.1, 0.15) is 11.6 Å². The molecule has 33 heavy (non-hydrogen) atoms. The molecule has 0 spiro atoms. The van der Waals surface area contributed by atoms with Crippen molar-refractivity contribution in [1.82, 2.24) is 15.1 Å². The number of rotatable bonds is 6. The largest absolute Gasteiger partial charge is 0.497 e. The van der Waals surface area contributed by atoms with Crippen LogP contribution in [-0.2, 0) is 11.3 Å². The molecule has 2 aliphatic heterocycles. The molecule has 2 heterocycles. The average molecular weight is 454 g/mol. The number of methoxy groups -OCH3 is 1. The van der Waals surface area contributed by atoms with Gasteiger partial charge in [-0.2, -0.15) is 0 Å². The first-order valence-corrected chi connectivity index (χ1v) is 11.7. The van der Waals surface area contributed by atoms with E-state index in [-0.39, 0.29) is 29.6 Å². The lowest BCUT2D eigenvalue weighted by Gasteiger charge is -2.35. The van der Waals surface area contributed by atoms with Crippen molar-refractivity contribution in [3.63, 3.8) is 0 Å². The summed E-state index contributed by atoms with van der Waals surface area (Å²) in [7, 11) is 1.68. The zero-order valence-corrected chi connectivity index (χ0v) is 19.1. The Kier molecular flexibility index (Phi) is 7.60. The summed E-state index contributed by atoms with van der Waals surface area (Å²) in [5.41, 5.74) is 1.69. The maximum atomic E-state index is 13.2. The van der Waals surface area contributed by atoms with Crippen molar-refractivity contribution in [1.29, 1.82) is 0 Å². The summed E-state index contributed by atoms with van der Waals surface area (Å²) in [5.74, 6) is 0.209. The van der Waals surface area contributed by atoms with Crippen molar-refractivity contribution in [2.75, 3.05) is 33.3 Å². The number of ether oxygens (including phenoxy) is 1. The highest BCUT2D eigenvalue weighted by Gasteiger charge is 2.30. The Hall–Kier alpha value is -2.93. The summed E-state index contributed by atoms with van der Waals surface area (Å²) >= 11 is 0. The minimum Gasteiger partial charge on any atom is -0.497 e. The second-order valence-electron chi connectivity index (χ2n) is 9.01. The van der Waals surface area contributed by atoms with Gasteiger partial charge >= 0.3 is 0 Å². The van der Waals surface area contributed by atoms with Crippen molar-refractivity contribution >= 4 is 11.8 Å². The van der Waals surface area contributed by atoms with Gasteiger partial charge in [-0.25, -0.2) is 4.39 Å². The standard InChI is InChI=1S/C26H32FN3O3/c1-33-24-6-2-4-19(16-24)17-29-14-11-23(12-15-29)28-25(31)21-5-3-13-30(18-21)26(32)20-7-9-22(27)10-8-20/h2,4,6-10,16,21,23H,3,5,11-15,17-18H2,1H3,(H,28,31). The third kappa shape index (κ3) is 6.11. The monoisotopic (exact) mass is 453 g/mol. The molecule has 2 aromatic carbocycles. The first-order chi connectivity index (χ1) is 16.0. The van der Waals surface area contributed by atoms with Crippen molar-refractivity contribution in [2.24, 2.45) is 5.92 Å². The second-order valence-corrected chi connectivity index (χ2v) is 9.01. The molecule has 2 fully saturated rings. The maximum absolute atomic E-state index is 13.2. The second kappa shape index (κ2) is 10.8. The number of hydrogen-bond donors (Lipinski definition) is 1. The molecule has 0 saturated carbocycles. The topological polar surface area (TPSA) is 61.9 Å². The van der Waals surface area contributed by atoms with Gasteiger partial charge < -0.3 is 15.0 Å². The summed E-state index contributed by atoms with van der Waals surface area (Å²) < 4.78 is 18.5. The number of hydrogen-bond acceptors (Lipinski definition) is 4. The Bertz CT molecular complexity index is 958. The Labute approximate surface area is 194 Å². The fourth-order valence-corrected chi connectivity index (χ4v) is 4.73. The molecule has 2 amide bonds. The van der Waals surface area contributed by atoms with E-state index in [4.69, 9.17) is 4.74 Å². The van der Waals surface area contributed by atoms with Gasteiger partial charge in [-0.1, -0.05) is 12.1 Å². The highest BCUT2D eigenvalue weighted by molar-refractivity contribution is 5.94. The Morgan fingerprint density at radius 2 is 1.82 bits per heavy atom. The van der Waals surface area contributed by atoms with Crippen LogP contribution in [0.3, 0.4) is 0 Å². The van der Waals surface area contributed by atoms with E-state index in [1.807, 2.05) is 12.1 Å². The van der Waals surface area contributed by atoms with Crippen LogP contribution in [0.2, 0.25) is 0 Å². The summed E-state index contributed by atoms with van der Waals surface area (Å²) in [6, 6.07) is 13.9. The Morgan fingerprint density at radius 3 is 2.55 bits per heavy atom. The van der Waals surface area contributed by atoms with Gasteiger partial charge in [0.15, 0.2) is 0 Å². The minimum absolute atomic E-state index is 0.0397. The quantitative estimate of drug-likeness (QED) is 0.728. The number of halogens is 1.